The van der Waals surface area contributed by atoms with E-state index in [9.17, 15) is 0 Å². The Morgan fingerprint density at radius 1 is 1.17 bits per heavy atom. The van der Waals surface area contributed by atoms with Gasteiger partial charge in [0.25, 0.3) is 5.71 Å². The van der Waals surface area contributed by atoms with E-state index >= 15 is 0 Å². The van der Waals surface area contributed by atoms with Crippen LogP contribution in [-0.2, 0) is 6.54 Å². The van der Waals surface area contributed by atoms with Gasteiger partial charge in [-0.2, -0.15) is 4.98 Å². The fraction of sp³-hybridized carbons (Fsp3) is 0.353. The van der Waals surface area contributed by atoms with Gasteiger partial charge in [-0.15, -0.1) is 0 Å². The summed E-state index contributed by atoms with van der Waals surface area (Å²) in [5.41, 5.74) is 2.67. The number of anilines is 1. The van der Waals surface area contributed by atoms with Crippen molar-refractivity contribution < 1.29 is 4.52 Å². The van der Waals surface area contributed by atoms with Gasteiger partial charge in [0.05, 0.1) is 5.69 Å². The molecule has 3 aromatic rings. The molecule has 0 bridgehead atoms. The first kappa shape index (κ1) is 15.4. The highest BCUT2D eigenvalue weighted by atomic mass is 16.5. The lowest BCUT2D eigenvalue weighted by Gasteiger charge is -2.16. The summed E-state index contributed by atoms with van der Waals surface area (Å²) < 4.78 is 5.15. The molecule has 1 N–H and O–H groups in total. The molecule has 0 unspecified atom stereocenters. The van der Waals surface area contributed by atoms with E-state index in [1.165, 1.54) is 11.9 Å². The largest absolute Gasteiger partial charge is 0.369 e. The van der Waals surface area contributed by atoms with Crippen LogP contribution in [0, 0.1) is 6.92 Å². The van der Waals surface area contributed by atoms with Crippen LogP contribution in [0.25, 0.3) is 11.1 Å². The number of nitrogens with zero attached hydrogens (tertiary/aromatic N) is 4. The van der Waals surface area contributed by atoms with Crippen LogP contribution in [0.2, 0.25) is 0 Å². The predicted octanol–water partition coefficient (Wildman–Crippen LogP) is 2.86. The van der Waals surface area contributed by atoms with Crippen LogP contribution in [0.3, 0.4) is 0 Å². The Kier molecular flexibility index (Phi) is 4.83. The van der Waals surface area contributed by atoms with E-state index in [0.29, 0.717) is 5.71 Å². The number of aromatic nitrogens is 3. The molecule has 0 aliphatic rings. The van der Waals surface area contributed by atoms with E-state index in [-0.39, 0.29) is 0 Å². The van der Waals surface area contributed by atoms with Gasteiger partial charge in [-0.25, -0.2) is 4.98 Å². The number of rotatable bonds is 7. The number of benzene rings is 1. The molecule has 120 valence electrons. The van der Waals surface area contributed by atoms with Crippen LogP contribution >= 0.6 is 0 Å². The highest BCUT2D eigenvalue weighted by Gasteiger charge is 2.11. The Morgan fingerprint density at radius 3 is 2.83 bits per heavy atom. The highest BCUT2D eigenvalue weighted by molar-refractivity contribution is 5.87. The number of hydrogen-bond acceptors (Lipinski definition) is 6. The lowest BCUT2D eigenvalue weighted by Crippen LogP contribution is -2.21. The van der Waals surface area contributed by atoms with E-state index in [1.807, 2.05) is 13.0 Å². The minimum Gasteiger partial charge on any atom is -0.369 e. The van der Waals surface area contributed by atoms with Crippen molar-refractivity contribution >= 4 is 16.9 Å². The van der Waals surface area contributed by atoms with Crippen molar-refractivity contribution in [2.24, 2.45) is 0 Å². The van der Waals surface area contributed by atoms with E-state index in [2.05, 4.69) is 56.7 Å². The smallest absolute Gasteiger partial charge is 0.263 e. The summed E-state index contributed by atoms with van der Waals surface area (Å²) in [6.45, 7) is 4.71. The van der Waals surface area contributed by atoms with Gasteiger partial charge < -0.3 is 14.7 Å². The normalized spacial score (nSPS) is 11.3. The van der Waals surface area contributed by atoms with Crippen LogP contribution in [0.15, 0.2) is 41.2 Å². The quantitative estimate of drug-likeness (QED) is 0.677. The summed E-state index contributed by atoms with van der Waals surface area (Å²) >= 11 is 0. The van der Waals surface area contributed by atoms with Gasteiger partial charge >= 0.3 is 0 Å². The summed E-state index contributed by atoms with van der Waals surface area (Å²) in [6.07, 6.45) is 2.52. The molecular formula is C17H21N5O. The molecule has 0 aliphatic heterocycles. The number of fused-ring (bicyclic) bond motifs is 1. The second-order valence-electron chi connectivity index (χ2n) is 5.67. The lowest BCUT2D eigenvalue weighted by molar-refractivity contribution is 0.325. The monoisotopic (exact) mass is 311 g/mol. The third kappa shape index (κ3) is 3.84. The van der Waals surface area contributed by atoms with Crippen molar-refractivity contribution in [3.05, 3.63) is 47.9 Å². The molecule has 0 amide bonds. The van der Waals surface area contributed by atoms with Crippen LogP contribution in [-0.4, -0.2) is 40.2 Å². The van der Waals surface area contributed by atoms with Gasteiger partial charge in [0.15, 0.2) is 0 Å². The standard InChI is InChI=1S/C17H21N5O/c1-13-15-16(19-12-20-17(15)23-21-13)18-9-6-10-22(2)11-14-7-4-3-5-8-14/h3-5,7-8,12H,6,9-11H2,1-2H3,(H,18,19,20). The molecule has 0 saturated carbocycles. The summed E-state index contributed by atoms with van der Waals surface area (Å²) in [7, 11) is 2.14. The molecule has 0 saturated heterocycles. The molecule has 2 heterocycles. The van der Waals surface area contributed by atoms with Gasteiger partial charge in [-0.05, 0) is 32.5 Å². The fourth-order valence-corrected chi connectivity index (χ4v) is 2.59. The number of aryl methyl sites for hydroxylation is 1. The van der Waals surface area contributed by atoms with E-state index in [1.54, 1.807) is 0 Å². The summed E-state index contributed by atoms with van der Waals surface area (Å²) in [6, 6.07) is 10.5. The molecule has 0 radical (unpaired) electrons. The lowest BCUT2D eigenvalue weighted by atomic mass is 10.2. The third-order valence-electron chi connectivity index (χ3n) is 3.75. The minimum absolute atomic E-state index is 0.529. The first-order valence-electron chi connectivity index (χ1n) is 7.77. The van der Waals surface area contributed by atoms with Crippen molar-refractivity contribution in [1.29, 1.82) is 0 Å². The zero-order valence-electron chi connectivity index (χ0n) is 13.5. The maximum Gasteiger partial charge on any atom is 0.263 e. The molecule has 0 fully saturated rings. The second kappa shape index (κ2) is 7.19. The van der Waals surface area contributed by atoms with Crippen molar-refractivity contribution in [1.82, 2.24) is 20.0 Å². The van der Waals surface area contributed by atoms with Crippen LogP contribution < -0.4 is 5.32 Å². The third-order valence-corrected chi connectivity index (χ3v) is 3.75. The van der Waals surface area contributed by atoms with Gasteiger partial charge in [-0.1, -0.05) is 35.5 Å². The summed E-state index contributed by atoms with van der Waals surface area (Å²) in [5.74, 6) is 0.791. The van der Waals surface area contributed by atoms with Crippen LogP contribution in [0.1, 0.15) is 17.7 Å². The maximum absolute atomic E-state index is 5.15. The zero-order chi connectivity index (χ0) is 16.1. The Hall–Kier alpha value is -2.47. The average molecular weight is 311 g/mol. The molecule has 0 spiro atoms. The van der Waals surface area contributed by atoms with Gasteiger partial charge in [0.1, 0.15) is 17.5 Å². The highest BCUT2D eigenvalue weighted by Crippen LogP contribution is 2.22. The maximum atomic E-state index is 5.15. The Bertz CT molecular complexity index is 756. The fourth-order valence-electron chi connectivity index (χ4n) is 2.59. The SMILES string of the molecule is Cc1noc2ncnc(NCCCN(C)Cc3ccccc3)c12. The van der Waals surface area contributed by atoms with Gasteiger partial charge in [0, 0.05) is 13.1 Å². The van der Waals surface area contributed by atoms with Gasteiger partial charge in [0.2, 0.25) is 0 Å². The van der Waals surface area contributed by atoms with E-state index < -0.39 is 0 Å². The molecule has 23 heavy (non-hydrogen) atoms. The molecule has 2 aromatic heterocycles. The Balaban J connectivity index is 1.48. The molecule has 1 aromatic carbocycles. The van der Waals surface area contributed by atoms with Gasteiger partial charge in [-0.3, -0.25) is 0 Å². The molecule has 6 nitrogen and oxygen atoms in total. The summed E-state index contributed by atoms with van der Waals surface area (Å²) in [4.78, 5) is 10.7. The van der Waals surface area contributed by atoms with Crippen LogP contribution in [0.5, 0.6) is 0 Å². The minimum atomic E-state index is 0.529. The second-order valence-corrected chi connectivity index (χ2v) is 5.67. The van der Waals surface area contributed by atoms with Crippen molar-refractivity contribution in [2.45, 2.75) is 19.9 Å². The average Bonchev–Trinajstić information content (AvgIpc) is 2.95. The summed E-state index contributed by atoms with van der Waals surface area (Å²) in [5, 5.41) is 8.16. The molecule has 0 atom stereocenters. The zero-order valence-corrected chi connectivity index (χ0v) is 13.5. The van der Waals surface area contributed by atoms with Crippen molar-refractivity contribution in [3.8, 4) is 0 Å². The van der Waals surface area contributed by atoms with Crippen LogP contribution in [0.4, 0.5) is 5.82 Å². The Morgan fingerprint density at radius 2 is 2.00 bits per heavy atom. The Labute approximate surface area is 135 Å². The van der Waals surface area contributed by atoms with E-state index in [4.69, 9.17) is 4.52 Å². The van der Waals surface area contributed by atoms with Crippen molar-refractivity contribution in [2.75, 3.05) is 25.5 Å². The molecular weight excluding hydrogens is 290 g/mol. The molecule has 6 heteroatoms. The first-order valence-corrected chi connectivity index (χ1v) is 7.77. The number of hydrogen-bond donors (Lipinski definition) is 1. The number of nitrogens with one attached hydrogen (secondary N) is 1. The molecule has 0 aliphatic carbocycles. The first-order chi connectivity index (χ1) is 11.2. The van der Waals surface area contributed by atoms with E-state index in [0.717, 1.165) is 43.0 Å². The molecule has 3 rings (SSSR count). The van der Waals surface area contributed by atoms with Crippen molar-refractivity contribution in [3.63, 3.8) is 0 Å². The topological polar surface area (TPSA) is 67.1 Å². The predicted molar refractivity (Wildman–Crippen MR) is 90.2 cm³/mol.